The van der Waals surface area contributed by atoms with Crippen LogP contribution in [0.1, 0.15) is 34.3 Å². The van der Waals surface area contributed by atoms with Gasteiger partial charge in [0.2, 0.25) is 0 Å². The van der Waals surface area contributed by atoms with Gasteiger partial charge in [0.15, 0.2) is 5.78 Å². The smallest absolute Gasteiger partial charge is 0.195 e. The third-order valence-corrected chi connectivity index (χ3v) is 5.57. The molecule has 122 valence electrons. The predicted octanol–water partition coefficient (Wildman–Crippen LogP) is 5.24. The van der Waals surface area contributed by atoms with Gasteiger partial charge in [0.05, 0.1) is 10.0 Å². The number of carbonyl (C=O) groups excluding carboxylic acids is 1. The van der Waals surface area contributed by atoms with Gasteiger partial charge in [-0.1, -0.05) is 47.5 Å². The summed E-state index contributed by atoms with van der Waals surface area (Å²) in [5.74, 6) is 0.0282. The van der Waals surface area contributed by atoms with Crippen LogP contribution in [0.15, 0.2) is 48.2 Å². The Morgan fingerprint density at radius 3 is 2.46 bits per heavy atom. The van der Waals surface area contributed by atoms with Crippen molar-refractivity contribution in [2.45, 2.75) is 19.3 Å². The van der Waals surface area contributed by atoms with Crippen molar-refractivity contribution in [2.75, 3.05) is 13.1 Å². The van der Waals surface area contributed by atoms with Crippen molar-refractivity contribution in [2.24, 2.45) is 0 Å². The molecule has 2 aromatic carbocycles. The Labute approximate surface area is 151 Å². The monoisotopic (exact) mass is 357 g/mol. The number of allylic oxidation sites excluding steroid dienone is 2. The minimum Gasteiger partial charge on any atom is -0.374 e. The van der Waals surface area contributed by atoms with Crippen LogP contribution in [0.5, 0.6) is 0 Å². The highest BCUT2D eigenvalue weighted by Gasteiger charge is 2.31. The van der Waals surface area contributed by atoms with Gasteiger partial charge in [-0.15, -0.1) is 0 Å². The van der Waals surface area contributed by atoms with E-state index in [0.717, 1.165) is 36.3 Å². The maximum absolute atomic E-state index is 13.3. The van der Waals surface area contributed by atoms with E-state index in [1.807, 2.05) is 18.2 Å². The summed E-state index contributed by atoms with van der Waals surface area (Å²) < 4.78 is 0. The molecule has 1 aliphatic carbocycles. The maximum Gasteiger partial charge on any atom is 0.195 e. The number of Topliss-reactive ketones (excluding diaryl/α,β-unsaturated/α-hetero) is 1. The molecule has 1 fully saturated rings. The molecule has 0 bridgehead atoms. The Bertz CT molecular complexity index is 850. The van der Waals surface area contributed by atoms with Crippen molar-refractivity contribution >= 4 is 34.6 Å². The first kappa shape index (κ1) is 15.7. The Morgan fingerprint density at radius 2 is 1.71 bits per heavy atom. The Balaban J connectivity index is 1.82. The number of fused-ring (bicyclic) bond motifs is 1. The number of hydrogen-bond donors (Lipinski definition) is 0. The zero-order valence-electron chi connectivity index (χ0n) is 13.2. The van der Waals surface area contributed by atoms with Gasteiger partial charge >= 0.3 is 0 Å². The van der Waals surface area contributed by atoms with Gasteiger partial charge in [-0.25, -0.2) is 0 Å². The molecule has 2 nitrogen and oxygen atoms in total. The summed E-state index contributed by atoms with van der Waals surface area (Å²) >= 11 is 12.1. The zero-order chi connectivity index (χ0) is 16.7. The molecule has 0 amide bonds. The molecule has 0 aromatic heterocycles. The Morgan fingerprint density at radius 1 is 0.958 bits per heavy atom. The van der Waals surface area contributed by atoms with Gasteiger partial charge in [0, 0.05) is 36.3 Å². The fraction of sp³-hybridized carbons (Fsp3) is 0.250. The summed E-state index contributed by atoms with van der Waals surface area (Å²) in [4.78, 5) is 15.6. The molecule has 4 heteroatoms. The summed E-state index contributed by atoms with van der Waals surface area (Å²) in [6.45, 7) is 2.06. The van der Waals surface area contributed by atoms with Gasteiger partial charge in [0.25, 0.3) is 0 Å². The minimum atomic E-state index is 0.0282. The van der Waals surface area contributed by atoms with Crippen LogP contribution in [0.3, 0.4) is 0 Å². The molecular formula is C20H17Cl2NO. The van der Waals surface area contributed by atoms with Crippen LogP contribution in [0, 0.1) is 0 Å². The van der Waals surface area contributed by atoms with E-state index in [9.17, 15) is 4.79 Å². The summed E-state index contributed by atoms with van der Waals surface area (Å²) in [7, 11) is 0. The number of hydrogen-bond acceptors (Lipinski definition) is 2. The molecule has 1 aliphatic heterocycles. The van der Waals surface area contributed by atoms with E-state index in [0.29, 0.717) is 15.6 Å². The van der Waals surface area contributed by atoms with E-state index in [-0.39, 0.29) is 5.78 Å². The van der Waals surface area contributed by atoms with Crippen LogP contribution in [0.25, 0.3) is 5.57 Å². The van der Waals surface area contributed by atoms with Crippen molar-refractivity contribution in [3.8, 4) is 0 Å². The number of nitrogens with zero attached hydrogens (tertiary/aromatic N) is 1. The topological polar surface area (TPSA) is 20.3 Å². The number of halogens is 2. The Hall–Kier alpha value is -1.77. The van der Waals surface area contributed by atoms with E-state index in [4.69, 9.17) is 23.2 Å². The van der Waals surface area contributed by atoms with Crippen molar-refractivity contribution in [3.63, 3.8) is 0 Å². The summed E-state index contributed by atoms with van der Waals surface area (Å²) in [6, 6.07) is 13.3. The molecule has 4 rings (SSSR count). The van der Waals surface area contributed by atoms with Crippen molar-refractivity contribution in [1.29, 1.82) is 0 Å². The largest absolute Gasteiger partial charge is 0.374 e. The van der Waals surface area contributed by atoms with Crippen LogP contribution in [-0.4, -0.2) is 23.8 Å². The molecule has 2 aliphatic rings. The van der Waals surface area contributed by atoms with Crippen LogP contribution in [-0.2, 0) is 6.42 Å². The molecule has 0 radical (unpaired) electrons. The molecule has 1 saturated heterocycles. The highest BCUT2D eigenvalue weighted by Crippen LogP contribution is 2.38. The third kappa shape index (κ3) is 2.64. The molecule has 1 heterocycles. The lowest BCUT2D eigenvalue weighted by molar-refractivity contribution is 0.105. The number of benzene rings is 2. The molecule has 0 N–H and O–H groups in total. The lowest BCUT2D eigenvalue weighted by Gasteiger charge is -2.21. The third-order valence-electron chi connectivity index (χ3n) is 4.83. The first-order valence-corrected chi connectivity index (χ1v) is 8.97. The number of ketones is 1. The van der Waals surface area contributed by atoms with E-state index in [1.54, 1.807) is 18.2 Å². The van der Waals surface area contributed by atoms with E-state index in [1.165, 1.54) is 18.4 Å². The summed E-state index contributed by atoms with van der Waals surface area (Å²) in [5, 5.41) is 0.880. The van der Waals surface area contributed by atoms with Crippen molar-refractivity contribution < 1.29 is 4.79 Å². The number of carbonyl (C=O) groups is 1. The number of likely N-dealkylation sites (tertiary alicyclic amines) is 1. The second-order valence-electron chi connectivity index (χ2n) is 6.31. The van der Waals surface area contributed by atoms with Gasteiger partial charge in [-0.05, 0) is 42.2 Å². The summed E-state index contributed by atoms with van der Waals surface area (Å²) in [5.41, 5.74) is 4.85. The summed E-state index contributed by atoms with van der Waals surface area (Å²) in [6.07, 6.45) is 3.21. The zero-order valence-corrected chi connectivity index (χ0v) is 14.7. The van der Waals surface area contributed by atoms with Gasteiger partial charge < -0.3 is 4.90 Å². The quantitative estimate of drug-likeness (QED) is 0.700. The van der Waals surface area contributed by atoms with Crippen LogP contribution in [0.2, 0.25) is 10.0 Å². The molecule has 2 aromatic rings. The number of rotatable bonds is 3. The minimum absolute atomic E-state index is 0.0282. The molecule has 0 spiro atoms. The predicted molar refractivity (Wildman–Crippen MR) is 98.7 cm³/mol. The SMILES string of the molecule is O=C(C1=C(N2CCCC2)Cc2ccccc21)c1ccc(Cl)c(Cl)c1. The lowest BCUT2D eigenvalue weighted by atomic mass is 9.97. The van der Waals surface area contributed by atoms with Crippen molar-refractivity contribution in [3.05, 3.63) is 74.9 Å². The second kappa shape index (κ2) is 6.27. The molecule has 0 atom stereocenters. The molecule has 0 saturated carbocycles. The van der Waals surface area contributed by atoms with Crippen LogP contribution >= 0.6 is 23.2 Å². The second-order valence-corrected chi connectivity index (χ2v) is 7.12. The first-order valence-electron chi connectivity index (χ1n) is 8.21. The van der Waals surface area contributed by atoms with Crippen LogP contribution in [0.4, 0.5) is 0 Å². The fourth-order valence-electron chi connectivity index (χ4n) is 3.63. The van der Waals surface area contributed by atoms with Gasteiger partial charge in [-0.2, -0.15) is 0 Å². The average Bonchev–Trinajstić information content (AvgIpc) is 3.23. The average molecular weight is 358 g/mol. The normalized spacial score (nSPS) is 16.7. The fourth-order valence-corrected chi connectivity index (χ4v) is 3.93. The highest BCUT2D eigenvalue weighted by molar-refractivity contribution is 6.42. The van der Waals surface area contributed by atoms with E-state index < -0.39 is 0 Å². The van der Waals surface area contributed by atoms with Crippen molar-refractivity contribution in [1.82, 2.24) is 4.90 Å². The van der Waals surface area contributed by atoms with Gasteiger partial charge in [0.1, 0.15) is 0 Å². The molecule has 0 unspecified atom stereocenters. The van der Waals surface area contributed by atoms with E-state index >= 15 is 0 Å². The van der Waals surface area contributed by atoms with E-state index in [2.05, 4.69) is 11.0 Å². The lowest BCUT2D eigenvalue weighted by Crippen LogP contribution is -2.21. The Kier molecular flexibility index (Phi) is 4.11. The standard InChI is InChI=1S/C20H17Cl2NO/c21-16-8-7-14(11-17(16)22)20(24)19-15-6-2-1-5-13(15)12-18(19)23-9-3-4-10-23/h1-2,5-8,11H,3-4,9-10,12H2. The molecule has 24 heavy (non-hydrogen) atoms. The highest BCUT2D eigenvalue weighted by atomic mass is 35.5. The first-order chi connectivity index (χ1) is 11.6. The van der Waals surface area contributed by atoms with Crippen LogP contribution < -0.4 is 0 Å². The molecular weight excluding hydrogens is 341 g/mol. The van der Waals surface area contributed by atoms with Gasteiger partial charge in [-0.3, -0.25) is 4.79 Å². The maximum atomic E-state index is 13.3.